The smallest absolute Gasteiger partial charge is 0.104 e. The van der Waals surface area contributed by atoms with Crippen molar-refractivity contribution in [1.82, 2.24) is 0 Å². The molecule has 0 nitrogen and oxygen atoms in total. The van der Waals surface area contributed by atoms with Crippen LogP contribution in [0.1, 0.15) is 11.1 Å². The van der Waals surface area contributed by atoms with Gasteiger partial charge in [0.05, 0.1) is 5.41 Å². The summed E-state index contributed by atoms with van der Waals surface area (Å²) in [6.45, 7) is -1.16. The van der Waals surface area contributed by atoms with Crippen LogP contribution in [0.2, 0.25) is 0 Å². The van der Waals surface area contributed by atoms with Crippen molar-refractivity contribution in [3.63, 3.8) is 0 Å². The summed E-state index contributed by atoms with van der Waals surface area (Å²) < 4.78 is 37.7. The first kappa shape index (κ1) is 12.8. The van der Waals surface area contributed by atoms with Crippen molar-refractivity contribution in [2.24, 2.45) is 5.41 Å². The van der Waals surface area contributed by atoms with Crippen molar-refractivity contribution in [2.45, 2.75) is 6.92 Å². The average molecular weight is 228 g/mol. The lowest BCUT2D eigenvalue weighted by Crippen LogP contribution is -2.25. The van der Waals surface area contributed by atoms with Gasteiger partial charge in [0.25, 0.3) is 0 Å². The first-order chi connectivity index (χ1) is 7.65. The van der Waals surface area contributed by atoms with Crippen molar-refractivity contribution in [3.8, 4) is 0 Å². The van der Waals surface area contributed by atoms with E-state index in [1.165, 1.54) is 6.08 Å². The Morgan fingerprint density at radius 3 is 2.25 bits per heavy atom. The minimum Gasteiger partial charge on any atom is -0.250 e. The minimum absolute atomic E-state index is 0.819. The summed E-state index contributed by atoms with van der Waals surface area (Å²) in [5, 5.41) is 0. The Bertz CT molecular complexity index is 346. The van der Waals surface area contributed by atoms with Gasteiger partial charge in [-0.15, -0.1) is 0 Å². The first-order valence-electron chi connectivity index (χ1n) is 5.09. The molecule has 0 aliphatic carbocycles. The third-order valence-electron chi connectivity index (χ3n) is 2.47. The van der Waals surface area contributed by atoms with Crippen molar-refractivity contribution >= 4 is 6.08 Å². The Morgan fingerprint density at radius 2 is 1.75 bits per heavy atom. The zero-order valence-corrected chi connectivity index (χ0v) is 9.22. The summed E-state index contributed by atoms with van der Waals surface area (Å²) in [7, 11) is 0. The van der Waals surface area contributed by atoms with Crippen molar-refractivity contribution in [1.29, 1.82) is 0 Å². The first-order valence-corrected chi connectivity index (χ1v) is 5.09. The lowest BCUT2D eigenvalue weighted by molar-refractivity contribution is 0.164. The van der Waals surface area contributed by atoms with Crippen LogP contribution in [0.25, 0.3) is 6.08 Å². The highest BCUT2D eigenvalue weighted by Crippen LogP contribution is 2.23. The molecular weight excluding hydrogens is 213 g/mol. The number of hydrogen-bond acceptors (Lipinski definition) is 0. The highest BCUT2D eigenvalue weighted by Gasteiger charge is 2.27. The molecule has 1 aromatic rings. The van der Waals surface area contributed by atoms with Crippen LogP contribution in [-0.4, -0.2) is 20.0 Å². The molecule has 16 heavy (non-hydrogen) atoms. The van der Waals surface area contributed by atoms with Gasteiger partial charge in [0, 0.05) is 0 Å². The van der Waals surface area contributed by atoms with E-state index in [0.29, 0.717) is 0 Å². The maximum absolute atomic E-state index is 12.6. The SMILES string of the molecule is Cc1cccc(/C=C/C(CF)(CF)CF)c1. The molecule has 0 spiro atoms. The summed E-state index contributed by atoms with van der Waals surface area (Å²) in [5.41, 5.74) is 0.261. The molecule has 0 heterocycles. The van der Waals surface area contributed by atoms with E-state index in [1.54, 1.807) is 6.08 Å². The predicted octanol–water partition coefficient (Wildman–Crippen LogP) is 3.90. The number of rotatable bonds is 5. The predicted molar refractivity (Wildman–Crippen MR) is 60.6 cm³/mol. The van der Waals surface area contributed by atoms with Crippen LogP contribution in [0.15, 0.2) is 30.3 Å². The molecule has 3 heteroatoms. The van der Waals surface area contributed by atoms with Crippen molar-refractivity contribution in [2.75, 3.05) is 20.0 Å². The Morgan fingerprint density at radius 1 is 1.12 bits per heavy atom. The molecule has 0 unspecified atom stereocenters. The van der Waals surface area contributed by atoms with Crippen LogP contribution in [0.4, 0.5) is 13.2 Å². The molecule has 88 valence electrons. The third-order valence-corrected chi connectivity index (χ3v) is 2.47. The molecule has 0 amide bonds. The van der Waals surface area contributed by atoms with Gasteiger partial charge >= 0.3 is 0 Å². The van der Waals surface area contributed by atoms with Gasteiger partial charge in [-0.05, 0) is 12.5 Å². The van der Waals surface area contributed by atoms with Gasteiger partial charge in [-0.1, -0.05) is 42.0 Å². The number of aryl methyl sites for hydroxylation is 1. The fraction of sp³-hybridized carbons (Fsp3) is 0.385. The number of halogens is 3. The Labute approximate surface area is 93.8 Å². The standard InChI is InChI=1S/C13H15F3/c1-11-3-2-4-12(7-11)5-6-13(8-14,9-15)10-16/h2-7H,8-10H2,1H3/b6-5+. The minimum atomic E-state index is -1.61. The summed E-state index contributed by atoms with van der Waals surface area (Å²) >= 11 is 0. The van der Waals surface area contributed by atoms with E-state index in [9.17, 15) is 13.2 Å². The van der Waals surface area contributed by atoms with E-state index in [4.69, 9.17) is 0 Å². The zero-order valence-electron chi connectivity index (χ0n) is 9.22. The van der Waals surface area contributed by atoms with Gasteiger partial charge in [-0.25, -0.2) is 13.2 Å². The van der Waals surface area contributed by atoms with Gasteiger partial charge in [0.15, 0.2) is 0 Å². The molecule has 0 bridgehead atoms. The van der Waals surface area contributed by atoms with Gasteiger partial charge in [-0.2, -0.15) is 0 Å². The number of hydrogen-bond donors (Lipinski definition) is 0. The second-order valence-corrected chi connectivity index (χ2v) is 4.01. The second-order valence-electron chi connectivity index (χ2n) is 4.01. The third kappa shape index (κ3) is 3.12. The van der Waals surface area contributed by atoms with E-state index in [2.05, 4.69) is 0 Å². The Hall–Kier alpha value is -1.25. The summed E-state index contributed by atoms with van der Waals surface area (Å²) in [4.78, 5) is 0. The van der Waals surface area contributed by atoms with E-state index >= 15 is 0 Å². The van der Waals surface area contributed by atoms with Gasteiger partial charge in [-0.3, -0.25) is 0 Å². The molecule has 0 aromatic heterocycles. The van der Waals surface area contributed by atoms with Gasteiger partial charge < -0.3 is 0 Å². The van der Waals surface area contributed by atoms with E-state index in [0.717, 1.165) is 11.1 Å². The highest BCUT2D eigenvalue weighted by molar-refractivity contribution is 5.51. The monoisotopic (exact) mass is 228 g/mol. The molecule has 0 fully saturated rings. The molecule has 1 rings (SSSR count). The van der Waals surface area contributed by atoms with Crippen LogP contribution >= 0.6 is 0 Å². The van der Waals surface area contributed by atoms with Crippen LogP contribution in [0.5, 0.6) is 0 Å². The normalized spacial score (nSPS) is 12.2. The average Bonchev–Trinajstić information content (AvgIpc) is 2.32. The van der Waals surface area contributed by atoms with Crippen molar-refractivity contribution < 1.29 is 13.2 Å². The van der Waals surface area contributed by atoms with E-state index in [1.807, 2.05) is 31.2 Å². The molecule has 0 aliphatic rings. The van der Waals surface area contributed by atoms with E-state index in [-0.39, 0.29) is 0 Å². The Kier molecular flexibility index (Phi) is 4.59. The molecule has 0 saturated carbocycles. The summed E-state index contributed by atoms with van der Waals surface area (Å²) in [5.74, 6) is 0. The van der Waals surface area contributed by atoms with Crippen LogP contribution in [-0.2, 0) is 0 Å². The molecule has 0 aliphatic heterocycles. The fourth-order valence-corrected chi connectivity index (χ4v) is 1.29. The highest BCUT2D eigenvalue weighted by atomic mass is 19.1. The fourth-order valence-electron chi connectivity index (χ4n) is 1.29. The van der Waals surface area contributed by atoms with Crippen LogP contribution in [0.3, 0.4) is 0 Å². The number of alkyl halides is 3. The lowest BCUT2D eigenvalue weighted by atomic mass is 9.92. The molecular formula is C13H15F3. The summed E-state index contributed by atoms with van der Waals surface area (Å²) in [6, 6.07) is 7.44. The topological polar surface area (TPSA) is 0 Å². The number of allylic oxidation sites excluding steroid dienone is 1. The second kappa shape index (κ2) is 5.73. The lowest BCUT2D eigenvalue weighted by Gasteiger charge is -2.19. The molecule has 0 N–H and O–H groups in total. The van der Waals surface area contributed by atoms with E-state index < -0.39 is 25.4 Å². The maximum atomic E-state index is 12.6. The van der Waals surface area contributed by atoms with Gasteiger partial charge in [0.2, 0.25) is 0 Å². The van der Waals surface area contributed by atoms with Crippen molar-refractivity contribution in [3.05, 3.63) is 41.5 Å². The number of benzene rings is 1. The molecule has 0 radical (unpaired) electrons. The van der Waals surface area contributed by atoms with Crippen LogP contribution < -0.4 is 0 Å². The van der Waals surface area contributed by atoms with Crippen LogP contribution in [0, 0.1) is 12.3 Å². The summed E-state index contributed by atoms with van der Waals surface area (Å²) in [6.07, 6.45) is 2.84. The molecule has 0 atom stereocenters. The quantitative estimate of drug-likeness (QED) is 0.717. The van der Waals surface area contributed by atoms with Gasteiger partial charge in [0.1, 0.15) is 20.0 Å². The largest absolute Gasteiger partial charge is 0.250 e. The molecule has 1 aromatic carbocycles. The zero-order chi connectivity index (χ0) is 12.0. The molecule has 0 saturated heterocycles. The Balaban J connectivity index is 2.86. The maximum Gasteiger partial charge on any atom is 0.104 e.